The van der Waals surface area contributed by atoms with Crippen molar-refractivity contribution in [3.05, 3.63) is 33.1 Å². The molecule has 2 fully saturated rings. The van der Waals surface area contributed by atoms with Gasteiger partial charge in [-0.25, -0.2) is 4.79 Å². The highest BCUT2D eigenvalue weighted by atomic mass is 16.6. The fraction of sp³-hybridized carbons (Fsp3) is 0.600. The van der Waals surface area contributed by atoms with E-state index in [1.807, 2.05) is 0 Å². The summed E-state index contributed by atoms with van der Waals surface area (Å²) in [6.07, 6.45) is -2.31. The molecule has 5 atom stereocenters. The lowest BCUT2D eigenvalue weighted by Crippen LogP contribution is -2.38. The van der Waals surface area contributed by atoms with E-state index in [1.165, 1.54) is 12.3 Å². The molecule has 0 saturated carbocycles. The van der Waals surface area contributed by atoms with Gasteiger partial charge in [0.2, 0.25) is 0 Å². The van der Waals surface area contributed by atoms with Gasteiger partial charge in [-0.1, -0.05) is 0 Å². The van der Waals surface area contributed by atoms with Crippen LogP contribution in [0.5, 0.6) is 0 Å². The third kappa shape index (κ3) is 1.62. The largest absolute Gasteiger partial charge is 0.388 e. The molecule has 8 heteroatoms. The number of hydrogen-bond acceptors (Lipinski definition) is 6. The fourth-order valence-corrected chi connectivity index (χ4v) is 2.43. The lowest BCUT2D eigenvalue weighted by molar-refractivity contribution is -0.126. The number of nitrogens with one attached hydrogen (secondary N) is 1. The molecule has 0 bridgehead atoms. The summed E-state index contributed by atoms with van der Waals surface area (Å²) in [5.74, 6) is -0.589. The maximum atomic E-state index is 11.6. The van der Waals surface area contributed by atoms with Crippen molar-refractivity contribution in [1.82, 2.24) is 9.55 Å². The summed E-state index contributed by atoms with van der Waals surface area (Å²) < 4.78 is 11.5. The number of hydrogen-bond donors (Lipinski definition) is 3. The zero-order valence-electron chi connectivity index (χ0n) is 9.22. The molecule has 0 spiro atoms. The van der Waals surface area contributed by atoms with E-state index < -0.39 is 41.9 Å². The number of aliphatic hydroxyl groups excluding tert-OH is 2. The highest BCUT2D eigenvalue weighted by molar-refractivity contribution is 4.96. The minimum atomic E-state index is -1.10. The summed E-state index contributed by atoms with van der Waals surface area (Å²) in [6.45, 7) is 0.164. The first kappa shape index (κ1) is 11.6. The standard InChI is InChI=1S/C10H12N2O6/c13-5-1-2-12(10(16)11-5)8-7(14)6-4(18-8)3-17-9(6)15/h1-2,4,6-9,14-15H,3H2,(H,11,13,16)/t4?,6?,7?,8-,9?/m1/s1. The van der Waals surface area contributed by atoms with E-state index in [0.29, 0.717) is 0 Å². The number of ether oxygens (including phenoxy) is 2. The van der Waals surface area contributed by atoms with Gasteiger partial charge in [0.25, 0.3) is 5.56 Å². The van der Waals surface area contributed by atoms with Crippen molar-refractivity contribution in [3.8, 4) is 0 Å². The molecule has 4 unspecified atom stereocenters. The molecule has 2 aliphatic heterocycles. The van der Waals surface area contributed by atoms with Crippen molar-refractivity contribution < 1.29 is 19.7 Å². The Bertz CT molecular complexity index is 566. The van der Waals surface area contributed by atoms with Crippen LogP contribution in [0.2, 0.25) is 0 Å². The predicted octanol–water partition coefficient (Wildman–Crippen LogP) is -2.24. The van der Waals surface area contributed by atoms with Crippen LogP contribution in [0.3, 0.4) is 0 Å². The smallest absolute Gasteiger partial charge is 0.330 e. The third-order valence-corrected chi connectivity index (χ3v) is 3.32. The van der Waals surface area contributed by atoms with Crippen LogP contribution in [0.4, 0.5) is 0 Å². The van der Waals surface area contributed by atoms with Gasteiger partial charge in [0.1, 0.15) is 6.10 Å². The molecule has 0 radical (unpaired) electrons. The number of rotatable bonds is 1. The van der Waals surface area contributed by atoms with Gasteiger partial charge < -0.3 is 19.7 Å². The first-order chi connectivity index (χ1) is 8.58. The van der Waals surface area contributed by atoms with Crippen molar-refractivity contribution in [1.29, 1.82) is 0 Å². The number of aliphatic hydroxyl groups is 2. The van der Waals surface area contributed by atoms with E-state index in [2.05, 4.69) is 4.98 Å². The van der Waals surface area contributed by atoms with Crippen LogP contribution in [-0.2, 0) is 9.47 Å². The van der Waals surface area contributed by atoms with Gasteiger partial charge in [-0.05, 0) is 0 Å². The van der Waals surface area contributed by atoms with Crippen LogP contribution >= 0.6 is 0 Å². The third-order valence-electron chi connectivity index (χ3n) is 3.32. The Hall–Kier alpha value is -1.48. The molecule has 0 amide bonds. The lowest BCUT2D eigenvalue weighted by atomic mass is 10.00. The molecule has 18 heavy (non-hydrogen) atoms. The van der Waals surface area contributed by atoms with E-state index >= 15 is 0 Å². The van der Waals surface area contributed by atoms with Crippen LogP contribution in [0.1, 0.15) is 6.23 Å². The molecule has 0 aromatic carbocycles. The van der Waals surface area contributed by atoms with Gasteiger partial charge in [0.15, 0.2) is 12.5 Å². The Labute approximate surface area is 100 Å². The van der Waals surface area contributed by atoms with Gasteiger partial charge >= 0.3 is 5.69 Å². The topological polar surface area (TPSA) is 114 Å². The van der Waals surface area contributed by atoms with Gasteiger partial charge in [-0.2, -0.15) is 0 Å². The summed E-state index contributed by atoms with van der Waals surface area (Å²) >= 11 is 0. The predicted molar refractivity (Wildman–Crippen MR) is 56.7 cm³/mol. The number of aromatic nitrogens is 2. The molecule has 3 rings (SSSR count). The maximum Gasteiger partial charge on any atom is 0.330 e. The molecule has 3 heterocycles. The number of nitrogens with zero attached hydrogens (tertiary/aromatic N) is 1. The van der Waals surface area contributed by atoms with Crippen LogP contribution in [0.25, 0.3) is 0 Å². The highest BCUT2D eigenvalue weighted by Gasteiger charge is 2.52. The molecule has 1 aromatic rings. The van der Waals surface area contributed by atoms with Crippen molar-refractivity contribution in [2.45, 2.75) is 24.7 Å². The minimum absolute atomic E-state index is 0.164. The first-order valence-electron chi connectivity index (χ1n) is 5.52. The SMILES string of the molecule is O=c1ccn([C@@H]2OC3COC(O)C3C2O)c(=O)[nH]1. The molecule has 2 saturated heterocycles. The number of H-pyrrole nitrogens is 1. The maximum absolute atomic E-state index is 11.6. The second kappa shape index (κ2) is 4.02. The monoisotopic (exact) mass is 256 g/mol. The quantitative estimate of drug-likeness (QED) is 0.523. The Morgan fingerprint density at radius 2 is 2.17 bits per heavy atom. The fourth-order valence-electron chi connectivity index (χ4n) is 2.43. The number of aromatic amines is 1. The first-order valence-corrected chi connectivity index (χ1v) is 5.52. The van der Waals surface area contributed by atoms with E-state index in [0.717, 1.165) is 4.57 Å². The second-order valence-corrected chi connectivity index (χ2v) is 4.37. The zero-order valence-corrected chi connectivity index (χ0v) is 9.22. The molecule has 0 aliphatic carbocycles. The molecule has 3 N–H and O–H groups in total. The zero-order chi connectivity index (χ0) is 12.9. The van der Waals surface area contributed by atoms with E-state index in [1.54, 1.807) is 0 Å². The summed E-state index contributed by atoms with van der Waals surface area (Å²) in [6, 6.07) is 1.17. The Morgan fingerprint density at radius 1 is 1.39 bits per heavy atom. The van der Waals surface area contributed by atoms with Gasteiger partial charge in [-0.15, -0.1) is 0 Å². The van der Waals surface area contributed by atoms with E-state index in [4.69, 9.17) is 9.47 Å². The van der Waals surface area contributed by atoms with Crippen molar-refractivity contribution in [2.24, 2.45) is 5.92 Å². The van der Waals surface area contributed by atoms with Gasteiger partial charge in [0.05, 0.1) is 18.6 Å². The summed E-state index contributed by atoms with van der Waals surface area (Å²) in [5.41, 5.74) is -1.19. The van der Waals surface area contributed by atoms with Crippen LogP contribution in [0, 0.1) is 5.92 Å². The van der Waals surface area contributed by atoms with Crippen molar-refractivity contribution in [2.75, 3.05) is 6.61 Å². The van der Waals surface area contributed by atoms with Crippen LogP contribution < -0.4 is 11.2 Å². The minimum Gasteiger partial charge on any atom is -0.388 e. The Balaban J connectivity index is 1.95. The summed E-state index contributed by atoms with van der Waals surface area (Å²) in [7, 11) is 0. The lowest BCUT2D eigenvalue weighted by Gasteiger charge is -2.20. The molecule has 98 valence electrons. The average molecular weight is 256 g/mol. The molecular weight excluding hydrogens is 244 g/mol. The average Bonchev–Trinajstić information content (AvgIpc) is 2.82. The normalized spacial score (nSPS) is 38.9. The summed E-state index contributed by atoms with van der Waals surface area (Å²) in [5, 5.41) is 19.6. The highest BCUT2D eigenvalue weighted by Crippen LogP contribution is 2.39. The van der Waals surface area contributed by atoms with E-state index in [-0.39, 0.29) is 6.61 Å². The van der Waals surface area contributed by atoms with Gasteiger partial charge in [0, 0.05) is 12.3 Å². The second-order valence-electron chi connectivity index (χ2n) is 4.37. The Morgan fingerprint density at radius 3 is 2.83 bits per heavy atom. The Kier molecular flexibility index (Phi) is 2.59. The summed E-state index contributed by atoms with van der Waals surface area (Å²) in [4.78, 5) is 24.6. The molecule has 8 nitrogen and oxygen atoms in total. The van der Waals surface area contributed by atoms with Crippen molar-refractivity contribution >= 4 is 0 Å². The van der Waals surface area contributed by atoms with E-state index in [9.17, 15) is 19.8 Å². The van der Waals surface area contributed by atoms with Gasteiger partial charge in [-0.3, -0.25) is 14.3 Å². The molecule has 1 aromatic heterocycles. The van der Waals surface area contributed by atoms with Crippen molar-refractivity contribution in [3.63, 3.8) is 0 Å². The molecule has 2 aliphatic rings. The number of fused-ring (bicyclic) bond motifs is 1. The molecular formula is C10H12N2O6. The van der Waals surface area contributed by atoms with Crippen LogP contribution in [0.15, 0.2) is 21.9 Å². The van der Waals surface area contributed by atoms with Crippen LogP contribution in [-0.4, -0.2) is 44.9 Å².